The van der Waals surface area contributed by atoms with E-state index in [0.29, 0.717) is 5.95 Å². The van der Waals surface area contributed by atoms with Crippen molar-refractivity contribution >= 4 is 17.9 Å². The van der Waals surface area contributed by atoms with Gasteiger partial charge in [0.25, 0.3) is 0 Å². The van der Waals surface area contributed by atoms with Crippen LogP contribution < -0.4 is 4.31 Å². The summed E-state index contributed by atoms with van der Waals surface area (Å²) >= 11 is 1.69. The molecule has 0 atom stereocenters. The highest BCUT2D eigenvalue weighted by molar-refractivity contribution is 7.99. The smallest absolute Gasteiger partial charge is 0.236 e. The summed E-state index contributed by atoms with van der Waals surface area (Å²) in [4.78, 5) is 14.3. The van der Waals surface area contributed by atoms with Gasteiger partial charge >= 0.3 is 0 Å². The van der Waals surface area contributed by atoms with Crippen molar-refractivity contribution in [1.82, 2.24) is 15.0 Å². The normalized spacial score (nSPS) is 11.5. The van der Waals surface area contributed by atoms with Gasteiger partial charge in [-0.1, -0.05) is 30.3 Å². The van der Waals surface area contributed by atoms with Crippen LogP contribution in [0.2, 0.25) is 0 Å². The molecule has 0 amide bonds. The zero-order valence-electron chi connectivity index (χ0n) is 20.2. The average Bonchev–Trinajstić information content (AvgIpc) is 2.79. The number of aromatic nitrogens is 3. The molecule has 2 aromatic carbocycles. The molecule has 4 aromatic rings. The summed E-state index contributed by atoms with van der Waals surface area (Å²) < 4.78 is 15.9. The lowest BCUT2D eigenvalue weighted by Gasteiger charge is -2.34. The molecule has 0 fully saturated rings. The fraction of sp³-hybridized carbons (Fsp3) is 0.250. The number of benzene rings is 2. The fourth-order valence-electron chi connectivity index (χ4n) is 3.76. The molecule has 6 heteroatoms. The van der Waals surface area contributed by atoms with Crippen LogP contribution in [0.15, 0.2) is 72.9 Å². The number of pyridine rings is 1. The van der Waals surface area contributed by atoms with Crippen LogP contribution >= 0.6 is 11.9 Å². The van der Waals surface area contributed by atoms with Crippen molar-refractivity contribution in [3.05, 3.63) is 95.7 Å². The Morgan fingerprint density at radius 2 is 1.50 bits per heavy atom. The average molecular weight is 473 g/mol. The number of hydrogen-bond donors (Lipinski definition) is 0. The van der Waals surface area contributed by atoms with E-state index in [9.17, 15) is 4.39 Å². The lowest BCUT2D eigenvalue weighted by Crippen LogP contribution is -2.37. The van der Waals surface area contributed by atoms with E-state index in [1.807, 2.05) is 50.4 Å². The van der Waals surface area contributed by atoms with Gasteiger partial charge in [0, 0.05) is 40.0 Å². The first kappa shape index (κ1) is 23.9. The van der Waals surface area contributed by atoms with Crippen molar-refractivity contribution in [2.75, 3.05) is 4.31 Å². The van der Waals surface area contributed by atoms with Crippen LogP contribution in [0.1, 0.15) is 37.7 Å². The molecule has 0 aliphatic rings. The molecule has 4 nitrogen and oxygen atoms in total. The predicted octanol–water partition coefficient (Wildman–Crippen LogP) is 7.41. The highest BCUT2D eigenvalue weighted by atomic mass is 32.2. The fourth-order valence-corrected chi connectivity index (χ4v) is 4.83. The van der Waals surface area contributed by atoms with E-state index >= 15 is 0 Å². The standard InChI is InChI=1S/C28H29FN4S/c1-19-15-23(16-20(2)31-19)25-17-30-27(32-26(25)22-11-13-24(29)14-12-22)33(28(3,4)5)34-18-21-9-7-6-8-10-21/h6-17H,18H2,1-5H3. The molecule has 174 valence electrons. The van der Waals surface area contributed by atoms with E-state index in [1.54, 1.807) is 24.1 Å². The van der Waals surface area contributed by atoms with Crippen molar-refractivity contribution in [3.8, 4) is 22.4 Å². The van der Waals surface area contributed by atoms with Crippen LogP contribution in [0.4, 0.5) is 10.3 Å². The minimum atomic E-state index is -0.273. The topological polar surface area (TPSA) is 41.9 Å². The predicted molar refractivity (Wildman–Crippen MR) is 140 cm³/mol. The SMILES string of the molecule is Cc1cc(-c2cnc(N(SCc3ccccc3)C(C)(C)C)nc2-c2ccc(F)cc2)cc(C)n1. The monoisotopic (exact) mass is 472 g/mol. The van der Waals surface area contributed by atoms with Gasteiger partial charge in [-0.2, -0.15) is 0 Å². The van der Waals surface area contributed by atoms with Crippen LogP contribution in [0.25, 0.3) is 22.4 Å². The second-order valence-electron chi connectivity index (χ2n) is 9.30. The van der Waals surface area contributed by atoms with Crippen molar-refractivity contribution in [1.29, 1.82) is 0 Å². The first-order valence-electron chi connectivity index (χ1n) is 11.3. The Labute approximate surface area is 205 Å². The molecule has 0 N–H and O–H groups in total. The van der Waals surface area contributed by atoms with Crippen molar-refractivity contribution in [3.63, 3.8) is 0 Å². The minimum absolute atomic E-state index is 0.217. The Morgan fingerprint density at radius 3 is 2.12 bits per heavy atom. The quantitative estimate of drug-likeness (QED) is 0.273. The van der Waals surface area contributed by atoms with Crippen molar-refractivity contribution in [2.45, 2.75) is 45.9 Å². The van der Waals surface area contributed by atoms with E-state index in [4.69, 9.17) is 9.97 Å². The second kappa shape index (κ2) is 9.94. The number of halogens is 1. The number of rotatable bonds is 6. The summed E-state index contributed by atoms with van der Waals surface area (Å²) in [6.45, 7) is 10.4. The van der Waals surface area contributed by atoms with Gasteiger partial charge in [-0.15, -0.1) is 0 Å². The van der Waals surface area contributed by atoms with Crippen LogP contribution in [-0.2, 0) is 5.75 Å². The maximum absolute atomic E-state index is 13.7. The van der Waals surface area contributed by atoms with Gasteiger partial charge in [-0.25, -0.2) is 14.4 Å². The molecule has 34 heavy (non-hydrogen) atoms. The van der Waals surface area contributed by atoms with E-state index in [1.165, 1.54) is 17.7 Å². The third-order valence-electron chi connectivity index (χ3n) is 5.28. The summed E-state index contributed by atoms with van der Waals surface area (Å²) in [5, 5.41) is 0. The maximum Gasteiger partial charge on any atom is 0.236 e. The molecule has 2 aromatic heterocycles. The van der Waals surface area contributed by atoms with Gasteiger partial charge in [0.05, 0.1) is 5.69 Å². The third kappa shape index (κ3) is 5.62. The molecule has 0 aliphatic heterocycles. The summed E-state index contributed by atoms with van der Waals surface area (Å²) in [6, 6.07) is 20.9. The first-order chi connectivity index (χ1) is 16.2. The highest BCUT2D eigenvalue weighted by Crippen LogP contribution is 2.36. The van der Waals surface area contributed by atoms with Gasteiger partial charge in [0.1, 0.15) is 5.82 Å². The molecule has 0 saturated heterocycles. The molecule has 4 rings (SSSR count). The number of anilines is 1. The van der Waals surface area contributed by atoms with Crippen LogP contribution in [0, 0.1) is 19.7 Å². The van der Waals surface area contributed by atoms with E-state index < -0.39 is 0 Å². The lowest BCUT2D eigenvalue weighted by molar-refractivity contribution is 0.580. The Balaban J connectivity index is 1.81. The number of hydrogen-bond acceptors (Lipinski definition) is 5. The van der Waals surface area contributed by atoms with E-state index in [2.05, 4.69) is 42.2 Å². The van der Waals surface area contributed by atoms with Crippen molar-refractivity contribution < 1.29 is 4.39 Å². The van der Waals surface area contributed by atoms with E-state index in [-0.39, 0.29) is 11.4 Å². The van der Waals surface area contributed by atoms with Gasteiger partial charge in [-0.05, 0) is 94.1 Å². The zero-order chi connectivity index (χ0) is 24.3. The summed E-state index contributed by atoms with van der Waals surface area (Å²) in [5.41, 5.74) is 6.38. The Kier molecular flexibility index (Phi) is 6.98. The molecule has 0 bridgehead atoms. The number of aryl methyl sites for hydroxylation is 2. The molecular formula is C28H29FN4S. The highest BCUT2D eigenvalue weighted by Gasteiger charge is 2.26. The number of nitrogens with zero attached hydrogens (tertiary/aromatic N) is 4. The molecule has 0 aliphatic carbocycles. The van der Waals surface area contributed by atoms with Gasteiger partial charge in [0.15, 0.2) is 0 Å². The third-order valence-corrected chi connectivity index (χ3v) is 6.71. The molecule has 2 heterocycles. The molecule has 0 radical (unpaired) electrons. The summed E-state index contributed by atoms with van der Waals surface area (Å²) in [5.74, 6) is 1.15. The second-order valence-corrected chi connectivity index (χ2v) is 10.2. The Hall–Kier alpha value is -3.25. The van der Waals surface area contributed by atoms with Crippen LogP contribution in [-0.4, -0.2) is 20.5 Å². The van der Waals surface area contributed by atoms with Gasteiger partial charge in [0.2, 0.25) is 5.95 Å². The van der Waals surface area contributed by atoms with Crippen LogP contribution in [0.5, 0.6) is 0 Å². The first-order valence-corrected chi connectivity index (χ1v) is 12.2. The summed E-state index contributed by atoms with van der Waals surface area (Å²) in [6.07, 6.45) is 1.87. The molecular weight excluding hydrogens is 443 g/mol. The van der Waals surface area contributed by atoms with E-state index in [0.717, 1.165) is 39.5 Å². The zero-order valence-corrected chi connectivity index (χ0v) is 21.0. The Morgan fingerprint density at radius 1 is 0.853 bits per heavy atom. The van der Waals surface area contributed by atoms with Gasteiger partial charge < -0.3 is 0 Å². The minimum Gasteiger partial charge on any atom is -0.279 e. The Bertz CT molecular complexity index is 1250. The van der Waals surface area contributed by atoms with Crippen LogP contribution in [0.3, 0.4) is 0 Å². The summed E-state index contributed by atoms with van der Waals surface area (Å²) in [7, 11) is 0. The van der Waals surface area contributed by atoms with Crippen molar-refractivity contribution in [2.24, 2.45) is 0 Å². The van der Waals surface area contributed by atoms with Gasteiger partial charge in [-0.3, -0.25) is 9.29 Å². The lowest BCUT2D eigenvalue weighted by atomic mass is 10.00. The molecule has 0 unspecified atom stereocenters. The largest absolute Gasteiger partial charge is 0.279 e. The maximum atomic E-state index is 13.7. The molecule has 0 spiro atoms. The molecule has 0 saturated carbocycles.